The van der Waals surface area contributed by atoms with Gasteiger partial charge in [-0.05, 0) is 17.5 Å². The van der Waals surface area contributed by atoms with Gasteiger partial charge in [-0.2, -0.15) is 0 Å². The number of fused-ring (bicyclic) bond motifs is 3. The van der Waals surface area contributed by atoms with Gasteiger partial charge in [0.25, 0.3) is 0 Å². The van der Waals surface area contributed by atoms with Crippen molar-refractivity contribution in [1.82, 2.24) is 0 Å². The van der Waals surface area contributed by atoms with Crippen molar-refractivity contribution in [3.63, 3.8) is 0 Å². The molecule has 0 saturated heterocycles. The highest BCUT2D eigenvalue weighted by Crippen LogP contribution is 2.33. The maximum absolute atomic E-state index is 5.92. The van der Waals surface area contributed by atoms with Gasteiger partial charge in [-0.3, -0.25) is 0 Å². The predicted molar refractivity (Wildman–Crippen MR) is 59.2 cm³/mol. The van der Waals surface area contributed by atoms with Crippen LogP contribution in [0.1, 0.15) is 10.4 Å². The summed E-state index contributed by atoms with van der Waals surface area (Å²) >= 11 is 7.62. The summed E-state index contributed by atoms with van der Waals surface area (Å²) in [7, 11) is 0. The Hall–Kier alpha value is -1.06. The average Bonchev–Trinajstić information content (AvgIpc) is 2.54. The first-order valence-electron chi connectivity index (χ1n) is 4.21. The third kappa shape index (κ3) is 1.13. The molecule has 1 aliphatic rings. The maximum Gasteiger partial charge on any atom is 0.144 e. The van der Waals surface area contributed by atoms with Crippen molar-refractivity contribution >= 4 is 39.2 Å². The van der Waals surface area contributed by atoms with Crippen LogP contribution in [0.25, 0.3) is 10.1 Å². The molecule has 14 heavy (non-hydrogen) atoms. The Labute approximate surface area is 89.7 Å². The molecule has 2 heterocycles. The second-order valence-corrected chi connectivity index (χ2v) is 4.61. The lowest BCUT2D eigenvalue weighted by Crippen LogP contribution is -1.96. The zero-order valence-corrected chi connectivity index (χ0v) is 8.73. The van der Waals surface area contributed by atoms with Crippen LogP contribution in [0.4, 0.5) is 0 Å². The molecule has 0 radical (unpaired) electrons. The van der Waals surface area contributed by atoms with E-state index in [1.54, 1.807) is 17.6 Å². The fourth-order valence-corrected chi connectivity index (χ4v) is 2.93. The molecular formula is C10H6ClNOS. The number of oxime groups is 1. The minimum absolute atomic E-state index is 0.563. The smallest absolute Gasteiger partial charge is 0.144 e. The third-order valence-electron chi connectivity index (χ3n) is 2.24. The van der Waals surface area contributed by atoms with Gasteiger partial charge in [0.05, 0.1) is 11.1 Å². The van der Waals surface area contributed by atoms with Gasteiger partial charge in [-0.15, -0.1) is 11.3 Å². The maximum atomic E-state index is 5.92. The molecule has 0 bridgehead atoms. The van der Waals surface area contributed by atoms with Crippen molar-refractivity contribution in [2.45, 2.75) is 6.61 Å². The van der Waals surface area contributed by atoms with Crippen LogP contribution in [-0.2, 0) is 11.4 Å². The van der Waals surface area contributed by atoms with Gasteiger partial charge in [0.2, 0.25) is 0 Å². The highest BCUT2D eigenvalue weighted by Gasteiger charge is 2.14. The standard InChI is InChI=1S/C10H6ClNOS/c11-6-1-2-7-8-5-13-12-4-10(8)14-9(7)3-6/h1-4H,5H2. The number of thiophene rings is 1. The molecule has 0 saturated carbocycles. The minimum Gasteiger partial charge on any atom is -0.391 e. The van der Waals surface area contributed by atoms with Gasteiger partial charge < -0.3 is 4.84 Å². The molecule has 2 nitrogen and oxygen atoms in total. The summed E-state index contributed by atoms with van der Waals surface area (Å²) in [4.78, 5) is 6.21. The van der Waals surface area contributed by atoms with E-state index in [2.05, 4.69) is 5.16 Å². The monoisotopic (exact) mass is 223 g/mol. The van der Waals surface area contributed by atoms with Gasteiger partial charge in [0.15, 0.2) is 0 Å². The summed E-state index contributed by atoms with van der Waals surface area (Å²) < 4.78 is 1.19. The lowest BCUT2D eigenvalue weighted by atomic mass is 10.1. The minimum atomic E-state index is 0.563. The van der Waals surface area contributed by atoms with Crippen molar-refractivity contribution in [2.75, 3.05) is 0 Å². The molecule has 0 atom stereocenters. The van der Waals surface area contributed by atoms with Crippen LogP contribution in [0, 0.1) is 0 Å². The Morgan fingerprint density at radius 3 is 3.29 bits per heavy atom. The van der Waals surface area contributed by atoms with E-state index < -0.39 is 0 Å². The molecule has 1 aromatic carbocycles. The number of nitrogens with zero attached hydrogens (tertiary/aromatic N) is 1. The number of benzene rings is 1. The van der Waals surface area contributed by atoms with Crippen LogP contribution in [0.2, 0.25) is 5.02 Å². The first kappa shape index (κ1) is 8.26. The third-order valence-corrected chi connectivity index (χ3v) is 3.60. The Morgan fingerprint density at radius 2 is 2.36 bits per heavy atom. The SMILES string of the molecule is Clc1ccc2c3c(sc2c1)C=NOC3. The van der Waals surface area contributed by atoms with Crippen molar-refractivity contribution in [1.29, 1.82) is 0 Å². The molecule has 0 aliphatic carbocycles. The molecule has 3 rings (SSSR count). The van der Waals surface area contributed by atoms with Crippen LogP contribution in [0.3, 0.4) is 0 Å². The van der Waals surface area contributed by atoms with Gasteiger partial charge in [-0.1, -0.05) is 22.8 Å². The van der Waals surface area contributed by atoms with Gasteiger partial charge in [0, 0.05) is 15.3 Å². The number of hydrogen-bond acceptors (Lipinski definition) is 3. The zero-order chi connectivity index (χ0) is 9.54. The van der Waals surface area contributed by atoms with E-state index in [1.165, 1.54) is 20.5 Å². The Bertz CT molecular complexity index is 532. The zero-order valence-electron chi connectivity index (χ0n) is 7.16. The van der Waals surface area contributed by atoms with E-state index in [1.807, 2.05) is 18.2 Å². The fourth-order valence-electron chi connectivity index (χ4n) is 1.58. The molecular weight excluding hydrogens is 218 g/mol. The van der Waals surface area contributed by atoms with E-state index in [0.717, 1.165) is 5.02 Å². The Kier molecular flexibility index (Phi) is 1.75. The van der Waals surface area contributed by atoms with Crippen LogP contribution in [0.5, 0.6) is 0 Å². The van der Waals surface area contributed by atoms with Crippen LogP contribution in [-0.4, -0.2) is 6.21 Å². The van der Waals surface area contributed by atoms with E-state index in [4.69, 9.17) is 16.4 Å². The van der Waals surface area contributed by atoms with Gasteiger partial charge in [0.1, 0.15) is 6.61 Å². The summed E-state index contributed by atoms with van der Waals surface area (Å²) in [6.45, 7) is 0.563. The molecule has 0 spiro atoms. The molecule has 0 N–H and O–H groups in total. The molecule has 1 aliphatic heterocycles. The van der Waals surface area contributed by atoms with E-state index in [-0.39, 0.29) is 0 Å². The first-order valence-corrected chi connectivity index (χ1v) is 5.40. The van der Waals surface area contributed by atoms with Crippen molar-refractivity contribution < 1.29 is 4.84 Å². The normalized spacial score (nSPS) is 14.1. The van der Waals surface area contributed by atoms with Crippen LogP contribution < -0.4 is 0 Å². The number of hydrogen-bond donors (Lipinski definition) is 0. The lowest BCUT2D eigenvalue weighted by molar-refractivity contribution is 0.129. The quantitative estimate of drug-likeness (QED) is 0.671. The Balaban J connectivity index is 2.37. The van der Waals surface area contributed by atoms with E-state index >= 15 is 0 Å². The molecule has 1 aromatic heterocycles. The van der Waals surface area contributed by atoms with Gasteiger partial charge >= 0.3 is 0 Å². The second kappa shape index (κ2) is 2.97. The fraction of sp³-hybridized carbons (Fsp3) is 0.100. The van der Waals surface area contributed by atoms with Crippen molar-refractivity contribution in [3.8, 4) is 0 Å². The van der Waals surface area contributed by atoms with E-state index in [0.29, 0.717) is 6.61 Å². The van der Waals surface area contributed by atoms with Crippen molar-refractivity contribution in [3.05, 3.63) is 33.7 Å². The first-order chi connectivity index (χ1) is 6.84. The molecule has 0 fully saturated rings. The predicted octanol–water partition coefficient (Wildman–Crippen LogP) is 3.42. The number of rotatable bonds is 0. The van der Waals surface area contributed by atoms with Crippen LogP contribution >= 0.6 is 22.9 Å². The summed E-state index contributed by atoms with van der Waals surface area (Å²) in [6.07, 6.45) is 1.76. The summed E-state index contributed by atoms with van der Waals surface area (Å²) in [6, 6.07) is 5.92. The molecule has 0 amide bonds. The van der Waals surface area contributed by atoms with E-state index in [9.17, 15) is 0 Å². The average molecular weight is 224 g/mol. The summed E-state index contributed by atoms with van der Waals surface area (Å²) in [5.41, 5.74) is 1.22. The topological polar surface area (TPSA) is 21.6 Å². The second-order valence-electron chi connectivity index (χ2n) is 3.09. The molecule has 2 aromatic rings. The largest absolute Gasteiger partial charge is 0.391 e. The van der Waals surface area contributed by atoms with Gasteiger partial charge in [-0.25, -0.2) is 0 Å². The highest BCUT2D eigenvalue weighted by molar-refractivity contribution is 7.20. The molecule has 0 unspecified atom stereocenters. The molecule has 70 valence electrons. The number of halogens is 1. The van der Waals surface area contributed by atoms with Crippen molar-refractivity contribution in [2.24, 2.45) is 5.16 Å². The highest BCUT2D eigenvalue weighted by atomic mass is 35.5. The summed E-state index contributed by atoms with van der Waals surface area (Å²) in [5, 5.41) is 5.78. The Morgan fingerprint density at radius 1 is 1.43 bits per heavy atom. The molecule has 4 heteroatoms. The lowest BCUT2D eigenvalue weighted by Gasteiger charge is -2.04. The summed E-state index contributed by atoms with van der Waals surface area (Å²) in [5.74, 6) is 0. The van der Waals surface area contributed by atoms with Crippen LogP contribution in [0.15, 0.2) is 23.4 Å².